The van der Waals surface area contributed by atoms with Crippen molar-refractivity contribution in [2.24, 2.45) is 5.41 Å². The molecular formula is C16H24N2O3. The van der Waals surface area contributed by atoms with Crippen LogP contribution in [0.25, 0.3) is 0 Å². The third-order valence-corrected chi connectivity index (χ3v) is 4.61. The smallest absolute Gasteiger partial charge is 0.252 e. The zero-order valence-corrected chi connectivity index (χ0v) is 13.1. The molecule has 0 aromatic carbocycles. The summed E-state index contributed by atoms with van der Waals surface area (Å²) in [6.07, 6.45) is 2.12. The van der Waals surface area contributed by atoms with Gasteiger partial charge in [0.25, 0.3) is 5.91 Å². The zero-order chi connectivity index (χ0) is 15.7. The average molecular weight is 292 g/mol. The molecule has 2 atom stereocenters. The maximum atomic E-state index is 12.1. The quantitative estimate of drug-likeness (QED) is 0.866. The lowest BCUT2D eigenvalue weighted by Crippen LogP contribution is -2.68. The number of aryl methyl sites for hydroxylation is 1. The van der Waals surface area contributed by atoms with Gasteiger partial charge in [0.05, 0.1) is 17.3 Å². The number of rotatable bonds is 5. The summed E-state index contributed by atoms with van der Waals surface area (Å²) in [4.78, 5) is 16.2. The van der Waals surface area contributed by atoms with Crippen molar-refractivity contribution in [2.75, 3.05) is 13.2 Å². The van der Waals surface area contributed by atoms with Gasteiger partial charge in [0.15, 0.2) is 0 Å². The normalized spacial score (nSPS) is 27.0. The largest absolute Gasteiger partial charge is 0.387 e. The summed E-state index contributed by atoms with van der Waals surface area (Å²) in [6.45, 7) is 8.60. The number of hydrogen-bond acceptors (Lipinski definition) is 4. The molecule has 2 rings (SSSR count). The van der Waals surface area contributed by atoms with E-state index in [1.54, 1.807) is 18.3 Å². The molecule has 1 aromatic rings. The highest BCUT2D eigenvalue weighted by atomic mass is 16.5. The molecule has 0 aliphatic heterocycles. The third-order valence-electron chi connectivity index (χ3n) is 4.61. The molecule has 5 nitrogen and oxygen atoms in total. The van der Waals surface area contributed by atoms with Crippen LogP contribution in [0.2, 0.25) is 0 Å². The zero-order valence-electron chi connectivity index (χ0n) is 13.1. The molecule has 0 unspecified atom stereocenters. The van der Waals surface area contributed by atoms with E-state index >= 15 is 0 Å². The molecule has 0 radical (unpaired) electrons. The Bertz CT molecular complexity index is 513. The van der Waals surface area contributed by atoms with Gasteiger partial charge >= 0.3 is 0 Å². The highest BCUT2D eigenvalue weighted by molar-refractivity contribution is 5.93. The Balaban J connectivity index is 1.94. The van der Waals surface area contributed by atoms with Gasteiger partial charge in [-0.1, -0.05) is 13.8 Å². The first-order chi connectivity index (χ1) is 9.80. The number of aromatic nitrogens is 1. The van der Waals surface area contributed by atoms with E-state index in [1.807, 2.05) is 27.7 Å². The maximum absolute atomic E-state index is 12.1. The number of ether oxygens (including phenoxy) is 1. The van der Waals surface area contributed by atoms with E-state index in [0.717, 1.165) is 5.69 Å². The predicted octanol–water partition coefficient (Wildman–Crippen LogP) is 1.69. The molecule has 5 heteroatoms. The maximum Gasteiger partial charge on any atom is 0.252 e. The van der Waals surface area contributed by atoms with Gasteiger partial charge in [-0.05, 0) is 26.0 Å². The van der Waals surface area contributed by atoms with E-state index in [0.29, 0.717) is 18.6 Å². The molecule has 1 fully saturated rings. The fourth-order valence-electron chi connectivity index (χ4n) is 2.69. The second kappa shape index (κ2) is 5.73. The van der Waals surface area contributed by atoms with Gasteiger partial charge in [-0.25, -0.2) is 0 Å². The van der Waals surface area contributed by atoms with E-state index in [4.69, 9.17) is 4.74 Å². The average Bonchev–Trinajstić information content (AvgIpc) is 2.45. The molecule has 1 heterocycles. The van der Waals surface area contributed by atoms with Crippen LogP contribution in [-0.2, 0) is 4.74 Å². The molecular weight excluding hydrogens is 268 g/mol. The van der Waals surface area contributed by atoms with Gasteiger partial charge < -0.3 is 15.2 Å². The van der Waals surface area contributed by atoms with Crippen LogP contribution in [0.1, 0.15) is 43.2 Å². The highest BCUT2D eigenvalue weighted by Crippen LogP contribution is 2.50. The minimum absolute atomic E-state index is 0.0328. The molecule has 1 aliphatic carbocycles. The molecule has 116 valence electrons. The summed E-state index contributed by atoms with van der Waals surface area (Å²) in [7, 11) is 0. The van der Waals surface area contributed by atoms with Gasteiger partial charge in [0.2, 0.25) is 0 Å². The van der Waals surface area contributed by atoms with Crippen molar-refractivity contribution in [3.8, 4) is 0 Å². The highest BCUT2D eigenvalue weighted by Gasteiger charge is 2.59. The molecule has 0 saturated heterocycles. The van der Waals surface area contributed by atoms with E-state index in [9.17, 15) is 9.90 Å². The Morgan fingerprint density at radius 2 is 2.24 bits per heavy atom. The number of carbonyl (C=O) groups is 1. The van der Waals surface area contributed by atoms with Crippen LogP contribution >= 0.6 is 0 Å². The summed E-state index contributed by atoms with van der Waals surface area (Å²) >= 11 is 0. The van der Waals surface area contributed by atoms with Gasteiger partial charge in [-0.3, -0.25) is 9.78 Å². The standard InChI is InChI=1S/C16H24N2O3/c1-5-21-13-8-16(20,15(13,3)4)10-18-14(19)12-7-6-11(2)17-9-12/h6-7,9,13,20H,5,8,10H2,1-4H3,(H,18,19)/t13-,16-/m0/s1. The van der Waals surface area contributed by atoms with Crippen LogP contribution in [0, 0.1) is 12.3 Å². The fourth-order valence-corrected chi connectivity index (χ4v) is 2.69. The van der Waals surface area contributed by atoms with Crippen molar-refractivity contribution < 1.29 is 14.6 Å². The minimum Gasteiger partial charge on any atom is -0.387 e. The van der Waals surface area contributed by atoms with E-state index in [-0.39, 0.29) is 24.0 Å². The monoisotopic (exact) mass is 292 g/mol. The first kappa shape index (κ1) is 15.9. The number of nitrogens with one attached hydrogen (secondary N) is 1. The minimum atomic E-state index is -0.930. The van der Waals surface area contributed by atoms with E-state index in [1.165, 1.54) is 0 Å². The van der Waals surface area contributed by atoms with Gasteiger partial charge in [0.1, 0.15) is 0 Å². The predicted molar refractivity (Wildman–Crippen MR) is 80.1 cm³/mol. The van der Waals surface area contributed by atoms with Crippen molar-refractivity contribution in [3.63, 3.8) is 0 Å². The van der Waals surface area contributed by atoms with Gasteiger partial charge in [-0.2, -0.15) is 0 Å². The van der Waals surface area contributed by atoms with E-state index in [2.05, 4.69) is 10.3 Å². The summed E-state index contributed by atoms with van der Waals surface area (Å²) in [5, 5.41) is 13.5. The molecule has 2 N–H and O–H groups in total. The van der Waals surface area contributed by atoms with Crippen LogP contribution in [0.15, 0.2) is 18.3 Å². The molecule has 1 aromatic heterocycles. The number of hydrogen-bond donors (Lipinski definition) is 2. The Kier molecular flexibility index (Phi) is 4.35. The molecule has 21 heavy (non-hydrogen) atoms. The molecule has 0 bridgehead atoms. The first-order valence-electron chi connectivity index (χ1n) is 7.35. The van der Waals surface area contributed by atoms with Crippen molar-refractivity contribution >= 4 is 5.91 Å². The summed E-state index contributed by atoms with van der Waals surface area (Å²) in [5.74, 6) is -0.216. The van der Waals surface area contributed by atoms with Crippen molar-refractivity contribution in [1.29, 1.82) is 0 Å². The van der Waals surface area contributed by atoms with Crippen LogP contribution in [-0.4, -0.2) is 40.9 Å². The summed E-state index contributed by atoms with van der Waals surface area (Å²) < 4.78 is 5.61. The fraction of sp³-hybridized carbons (Fsp3) is 0.625. The van der Waals surface area contributed by atoms with Gasteiger partial charge in [-0.15, -0.1) is 0 Å². The second-order valence-corrected chi connectivity index (χ2v) is 6.27. The van der Waals surface area contributed by atoms with Crippen molar-refractivity contribution in [1.82, 2.24) is 10.3 Å². The molecule has 1 saturated carbocycles. The number of aliphatic hydroxyl groups is 1. The molecule has 1 aliphatic rings. The molecule has 1 amide bonds. The number of nitrogens with zero attached hydrogens (tertiary/aromatic N) is 1. The van der Waals surface area contributed by atoms with Crippen LogP contribution in [0.3, 0.4) is 0 Å². The summed E-state index contributed by atoms with van der Waals surface area (Å²) in [6, 6.07) is 3.53. The van der Waals surface area contributed by atoms with Crippen LogP contribution in [0.5, 0.6) is 0 Å². The molecule has 0 spiro atoms. The lowest BCUT2D eigenvalue weighted by Gasteiger charge is -2.57. The van der Waals surface area contributed by atoms with E-state index < -0.39 is 5.60 Å². The lowest BCUT2D eigenvalue weighted by molar-refractivity contribution is -0.237. The van der Waals surface area contributed by atoms with Crippen molar-refractivity contribution in [2.45, 2.75) is 45.8 Å². The lowest BCUT2D eigenvalue weighted by atomic mass is 9.56. The number of carbonyl (C=O) groups excluding carboxylic acids is 1. The second-order valence-electron chi connectivity index (χ2n) is 6.27. The van der Waals surface area contributed by atoms with Gasteiger partial charge in [0, 0.05) is 36.9 Å². The number of amides is 1. The SMILES string of the molecule is CCO[C@H]1C[C@](O)(CNC(=O)c2ccc(C)nc2)C1(C)C. The van der Waals surface area contributed by atoms with Crippen LogP contribution < -0.4 is 5.32 Å². The van der Waals surface area contributed by atoms with Crippen molar-refractivity contribution in [3.05, 3.63) is 29.6 Å². The Hall–Kier alpha value is -1.46. The third kappa shape index (κ3) is 2.94. The summed E-state index contributed by atoms with van der Waals surface area (Å²) in [5.41, 5.74) is 0.0650. The Labute approximate surface area is 125 Å². The number of pyridine rings is 1. The Morgan fingerprint density at radius 3 is 2.76 bits per heavy atom. The Morgan fingerprint density at radius 1 is 1.52 bits per heavy atom. The van der Waals surface area contributed by atoms with Crippen LogP contribution in [0.4, 0.5) is 0 Å². The topological polar surface area (TPSA) is 71.5 Å². The first-order valence-corrected chi connectivity index (χ1v) is 7.35.